The second-order valence-corrected chi connectivity index (χ2v) is 7.17. The number of carbonyl (C=O) groups excluding carboxylic acids is 2. The number of halogens is 1. The molecule has 0 radical (unpaired) electrons. The molecule has 28 heavy (non-hydrogen) atoms. The molecule has 2 atom stereocenters. The van der Waals surface area contributed by atoms with Gasteiger partial charge in [-0.2, -0.15) is 0 Å². The molecule has 1 aliphatic heterocycles. The Bertz CT molecular complexity index is 1010. The maximum Gasteiger partial charge on any atom is 0.228 e. The number of furan rings is 1. The third-order valence-electron chi connectivity index (χ3n) is 5.40. The molecule has 1 aliphatic rings. The van der Waals surface area contributed by atoms with E-state index in [1.807, 2.05) is 37.3 Å². The number of nitrogens with zero attached hydrogens (tertiary/aromatic N) is 2. The van der Waals surface area contributed by atoms with E-state index >= 15 is 0 Å². The molecular formula is C22H21FN2O3. The maximum absolute atomic E-state index is 14.1. The lowest BCUT2D eigenvalue weighted by Crippen LogP contribution is -2.36. The molecule has 3 aromatic rings. The molecule has 144 valence electrons. The Morgan fingerprint density at radius 3 is 2.68 bits per heavy atom. The fourth-order valence-corrected chi connectivity index (χ4v) is 3.65. The van der Waals surface area contributed by atoms with E-state index in [9.17, 15) is 14.0 Å². The van der Waals surface area contributed by atoms with Crippen LogP contribution >= 0.6 is 0 Å². The van der Waals surface area contributed by atoms with E-state index in [0.717, 1.165) is 11.0 Å². The fraction of sp³-hybridized carbons (Fsp3) is 0.273. The van der Waals surface area contributed by atoms with Crippen LogP contribution in [0.4, 0.5) is 10.1 Å². The number of carbonyl (C=O) groups is 2. The predicted molar refractivity (Wildman–Crippen MR) is 104 cm³/mol. The minimum atomic E-state index is -0.510. The van der Waals surface area contributed by atoms with Gasteiger partial charge in [-0.15, -0.1) is 0 Å². The Balaban J connectivity index is 1.51. The highest BCUT2D eigenvalue weighted by Crippen LogP contribution is 2.31. The standard InChI is InChI=1S/C22H21FN2O3/c1-14(20-11-15-7-3-6-10-19(15)28-20)24(2)22(27)16-12-21(26)25(13-16)18-9-5-4-8-17(18)23/h3-11,14,16H,12-13H2,1-2H3. The van der Waals surface area contributed by atoms with Crippen LogP contribution in [-0.2, 0) is 9.59 Å². The van der Waals surface area contributed by atoms with Gasteiger partial charge in [-0.3, -0.25) is 9.59 Å². The summed E-state index contributed by atoms with van der Waals surface area (Å²) in [5.74, 6) is -0.683. The van der Waals surface area contributed by atoms with Gasteiger partial charge in [0, 0.05) is 25.4 Å². The van der Waals surface area contributed by atoms with Crippen LogP contribution in [0.1, 0.15) is 25.1 Å². The molecule has 0 spiro atoms. The summed E-state index contributed by atoms with van der Waals surface area (Å²) in [7, 11) is 1.70. The van der Waals surface area contributed by atoms with Crippen LogP contribution in [0.3, 0.4) is 0 Å². The highest BCUT2D eigenvalue weighted by Gasteiger charge is 2.38. The molecule has 0 bridgehead atoms. The summed E-state index contributed by atoms with van der Waals surface area (Å²) in [6.45, 7) is 2.07. The number of rotatable bonds is 4. The van der Waals surface area contributed by atoms with E-state index in [0.29, 0.717) is 5.76 Å². The molecule has 0 N–H and O–H groups in total. The average molecular weight is 380 g/mol. The minimum absolute atomic E-state index is 0.0738. The number of hydrogen-bond donors (Lipinski definition) is 0. The summed E-state index contributed by atoms with van der Waals surface area (Å²) in [6, 6.07) is 15.4. The molecule has 0 aliphatic carbocycles. The van der Waals surface area contributed by atoms with E-state index in [1.165, 1.54) is 11.0 Å². The molecular weight excluding hydrogens is 359 g/mol. The molecule has 2 amide bonds. The first-order valence-electron chi connectivity index (χ1n) is 9.25. The summed E-state index contributed by atoms with van der Waals surface area (Å²) in [5, 5.41) is 0.979. The van der Waals surface area contributed by atoms with Crippen molar-refractivity contribution in [1.82, 2.24) is 4.90 Å². The Morgan fingerprint density at radius 1 is 1.21 bits per heavy atom. The van der Waals surface area contributed by atoms with Crippen molar-refractivity contribution in [1.29, 1.82) is 0 Å². The zero-order valence-electron chi connectivity index (χ0n) is 15.8. The first kappa shape index (κ1) is 18.2. The third-order valence-corrected chi connectivity index (χ3v) is 5.40. The van der Waals surface area contributed by atoms with Crippen molar-refractivity contribution in [2.45, 2.75) is 19.4 Å². The van der Waals surface area contributed by atoms with E-state index < -0.39 is 11.7 Å². The van der Waals surface area contributed by atoms with Crippen molar-refractivity contribution < 1.29 is 18.4 Å². The molecule has 4 rings (SSSR count). The highest BCUT2D eigenvalue weighted by atomic mass is 19.1. The summed E-state index contributed by atoms with van der Waals surface area (Å²) >= 11 is 0. The van der Waals surface area contributed by atoms with Gasteiger partial charge in [0.2, 0.25) is 11.8 Å². The largest absolute Gasteiger partial charge is 0.459 e. The van der Waals surface area contributed by atoms with Crippen LogP contribution < -0.4 is 4.90 Å². The molecule has 6 heteroatoms. The predicted octanol–water partition coefficient (Wildman–Crippen LogP) is 4.14. The third kappa shape index (κ3) is 3.15. The SMILES string of the molecule is CC(c1cc2ccccc2o1)N(C)C(=O)C1CC(=O)N(c2ccccc2F)C1. The first-order valence-corrected chi connectivity index (χ1v) is 9.25. The van der Waals surface area contributed by atoms with Gasteiger partial charge in [0.15, 0.2) is 0 Å². The molecule has 2 aromatic carbocycles. The average Bonchev–Trinajstić information content (AvgIpc) is 3.30. The summed E-state index contributed by atoms with van der Waals surface area (Å²) in [5.41, 5.74) is 0.989. The molecule has 1 saturated heterocycles. The summed E-state index contributed by atoms with van der Waals surface area (Å²) in [4.78, 5) is 28.3. The Morgan fingerprint density at radius 2 is 1.93 bits per heavy atom. The Labute approximate surface area is 162 Å². The van der Waals surface area contributed by atoms with Crippen LogP contribution in [0.5, 0.6) is 0 Å². The zero-order chi connectivity index (χ0) is 19.8. The highest BCUT2D eigenvalue weighted by molar-refractivity contribution is 6.00. The van der Waals surface area contributed by atoms with Crippen molar-refractivity contribution >= 4 is 28.5 Å². The van der Waals surface area contributed by atoms with E-state index in [2.05, 4.69) is 0 Å². The number of fused-ring (bicyclic) bond motifs is 1. The van der Waals surface area contributed by atoms with Gasteiger partial charge in [-0.1, -0.05) is 30.3 Å². The quantitative estimate of drug-likeness (QED) is 0.683. The van der Waals surface area contributed by atoms with Crippen LogP contribution in [0.15, 0.2) is 59.0 Å². The van der Waals surface area contributed by atoms with Gasteiger partial charge >= 0.3 is 0 Å². The van der Waals surface area contributed by atoms with E-state index in [1.54, 1.807) is 30.1 Å². The van der Waals surface area contributed by atoms with Crippen molar-refractivity contribution in [3.63, 3.8) is 0 Å². The molecule has 2 heterocycles. The normalized spacial score (nSPS) is 17.9. The van der Waals surface area contributed by atoms with Crippen molar-refractivity contribution in [3.8, 4) is 0 Å². The van der Waals surface area contributed by atoms with Crippen LogP contribution in [0.2, 0.25) is 0 Å². The van der Waals surface area contributed by atoms with Crippen molar-refractivity contribution in [2.24, 2.45) is 5.92 Å². The topological polar surface area (TPSA) is 53.8 Å². The fourth-order valence-electron chi connectivity index (χ4n) is 3.65. The van der Waals surface area contributed by atoms with Gasteiger partial charge in [-0.05, 0) is 31.2 Å². The molecule has 2 unspecified atom stereocenters. The Hall–Kier alpha value is -3.15. The summed E-state index contributed by atoms with van der Waals surface area (Å²) in [6.07, 6.45) is 0.0738. The lowest BCUT2D eigenvalue weighted by molar-refractivity contribution is -0.136. The van der Waals surface area contributed by atoms with Crippen molar-refractivity contribution in [2.75, 3.05) is 18.5 Å². The smallest absolute Gasteiger partial charge is 0.228 e. The monoisotopic (exact) mass is 380 g/mol. The van der Waals surface area contributed by atoms with Gasteiger partial charge in [0.1, 0.15) is 17.2 Å². The Kier molecular flexibility index (Phi) is 4.63. The number of benzene rings is 2. The first-order chi connectivity index (χ1) is 13.5. The van der Waals surface area contributed by atoms with E-state index in [4.69, 9.17) is 4.42 Å². The van der Waals surface area contributed by atoms with Gasteiger partial charge < -0.3 is 14.2 Å². The summed E-state index contributed by atoms with van der Waals surface area (Å²) < 4.78 is 19.9. The van der Waals surface area contributed by atoms with Crippen LogP contribution in [-0.4, -0.2) is 30.3 Å². The van der Waals surface area contributed by atoms with Gasteiger partial charge in [0.05, 0.1) is 17.6 Å². The second-order valence-electron chi connectivity index (χ2n) is 7.17. The van der Waals surface area contributed by atoms with Gasteiger partial charge in [0.25, 0.3) is 0 Å². The number of amides is 2. The second kappa shape index (κ2) is 7.11. The van der Waals surface area contributed by atoms with Crippen molar-refractivity contribution in [3.05, 3.63) is 66.2 Å². The minimum Gasteiger partial charge on any atom is -0.459 e. The lowest BCUT2D eigenvalue weighted by Gasteiger charge is -2.26. The molecule has 1 aromatic heterocycles. The number of hydrogen-bond acceptors (Lipinski definition) is 3. The van der Waals surface area contributed by atoms with Crippen LogP contribution in [0, 0.1) is 11.7 Å². The van der Waals surface area contributed by atoms with Gasteiger partial charge in [-0.25, -0.2) is 4.39 Å². The molecule has 0 saturated carbocycles. The number of anilines is 1. The molecule has 5 nitrogen and oxygen atoms in total. The van der Waals surface area contributed by atoms with E-state index in [-0.39, 0.29) is 36.5 Å². The zero-order valence-corrected chi connectivity index (χ0v) is 15.8. The number of para-hydroxylation sites is 2. The molecule has 1 fully saturated rings. The maximum atomic E-state index is 14.1. The van der Waals surface area contributed by atoms with Crippen LogP contribution in [0.25, 0.3) is 11.0 Å². The lowest BCUT2D eigenvalue weighted by atomic mass is 10.1.